The summed E-state index contributed by atoms with van der Waals surface area (Å²) in [5, 5.41) is 0. The molecular weight excluding hydrogens is 186 g/mol. The highest BCUT2D eigenvalue weighted by Gasteiger charge is 2.33. The number of rotatable bonds is 2. The van der Waals surface area contributed by atoms with Crippen LogP contribution in [0, 0.1) is 11.8 Å². The zero-order valence-electron chi connectivity index (χ0n) is 9.65. The van der Waals surface area contributed by atoms with Gasteiger partial charge in [-0.15, -0.1) is 0 Å². The second-order valence-electron chi connectivity index (χ2n) is 5.10. The van der Waals surface area contributed by atoms with E-state index in [4.69, 9.17) is 10.2 Å². The normalized spacial score (nSPS) is 32.1. The van der Waals surface area contributed by atoms with Gasteiger partial charge in [0.15, 0.2) is 0 Å². The van der Waals surface area contributed by atoms with E-state index in [1.807, 2.05) is 6.07 Å². The van der Waals surface area contributed by atoms with Crippen molar-refractivity contribution >= 4 is 0 Å². The second kappa shape index (κ2) is 4.40. The molecule has 0 radical (unpaired) electrons. The fourth-order valence-electron chi connectivity index (χ4n) is 2.85. The monoisotopic (exact) mass is 207 g/mol. The fraction of sp³-hybridized carbons (Fsp3) is 0.692. The fourth-order valence-corrected chi connectivity index (χ4v) is 2.85. The Bertz CT molecular complexity index is 291. The lowest BCUT2D eigenvalue weighted by atomic mass is 9.71. The zero-order valence-corrected chi connectivity index (χ0v) is 9.65. The molecule has 0 aliphatic heterocycles. The highest BCUT2D eigenvalue weighted by molar-refractivity contribution is 5.09. The highest BCUT2D eigenvalue weighted by Crippen LogP contribution is 2.41. The van der Waals surface area contributed by atoms with E-state index in [2.05, 4.69) is 19.9 Å². The van der Waals surface area contributed by atoms with Gasteiger partial charge in [0.1, 0.15) is 5.76 Å². The van der Waals surface area contributed by atoms with Crippen molar-refractivity contribution < 1.29 is 4.42 Å². The molecule has 0 spiro atoms. The second-order valence-corrected chi connectivity index (χ2v) is 5.10. The number of hydrogen-bond acceptors (Lipinski definition) is 2. The smallest absolute Gasteiger partial charge is 0.107 e. The highest BCUT2D eigenvalue weighted by atomic mass is 16.3. The van der Waals surface area contributed by atoms with Crippen molar-refractivity contribution in [3.63, 3.8) is 0 Å². The Morgan fingerprint density at radius 2 is 2.20 bits per heavy atom. The van der Waals surface area contributed by atoms with E-state index in [0.29, 0.717) is 17.9 Å². The van der Waals surface area contributed by atoms with Gasteiger partial charge in [0.2, 0.25) is 0 Å². The molecule has 1 aliphatic carbocycles. The van der Waals surface area contributed by atoms with Crippen molar-refractivity contribution in [2.24, 2.45) is 17.6 Å². The average Bonchev–Trinajstić information content (AvgIpc) is 2.69. The molecule has 2 N–H and O–H groups in total. The molecule has 1 saturated carbocycles. The minimum absolute atomic E-state index is 0.357. The lowest BCUT2D eigenvalue weighted by Crippen LogP contribution is -2.34. The Morgan fingerprint density at radius 3 is 2.80 bits per heavy atom. The van der Waals surface area contributed by atoms with Gasteiger partial charge in [-0.3, -0.25) is 0 Å². The standard InChI is InChI=1S/C13H21NO/c1-9(2)11-6-5-10(14)8-12(11)13-4-3-7-15-13/h3-4,7,9-12H,5-6,8,14H2,1-2H3. The van der Waals surface area contributed by atoms with Gasteiger partial charge < -0.3 is 10.2 Å². The Hall–Kier alpha value is -0.760. The number of nitrogens with two attached hydrogens (primary N) is 1. The van der Waals surface area contributed by atoms with Crippen LogP contribution in [0.5, 0.6) is 0 Å². The predicted octanol–water partition coefficient (Wildman–Crippen LogP) is 3.15. The summed E-state index contributed by atoms with van der Waals surface area (Å²) in [5.74, 6) is 3.11. The quantitative estimate of drug-likeness (QED) is 0.809. The Labute approximate surface area is 91.8 Å². The van der Waals surface area contributed by atoms with E-state index in [0.717, 1.165) is 18.1 Å². The van der Waals surface area contributed by atoms with Gasteiger partial charge >= 0.3 is 0 Å². The summed E-state index contributed by atoms with van der Waals surface area (Å²) >= 11 is 0. The van der Waals surface area contributed by atoms with Gasteiger partial charge in [0, 0.05) is 12.0 Å². The molecule has 1 aromatic rings. The maximum Gasteiger partial charge on any atom is 0.107 e. The summed E-state index contributed by atoms with van der Waals surface area (Å²) in [4.78, 5) is 0. The molecule has 0 saturated heterocycles. The summed E-state index contributed by atoms with van der Waals surface area (Å²) in [7, 11) is 0. The summed E-state index contributed by atoms with van der Waals surface area (Å²) < 4.78 is 5.55. The Balaban J connectivity index is 2.17. The molecule has 15 heavy (non-hydrogen) atoms. The molecular formula is C13H21NO. The van der Waals surface area contributed by atoms with Crippen LogP contribution in [0.15, 0.2) is 22.8 Å². The minimum Gasteiger partial charge on any atom is -0.469 e. The van der Waals surface area contributed by atoms with Gasteiger partial charge in [-0.2, -0.15) is 0 Å². The minimum atomic E-state index is 0.357. The first-order chi connectivity index (χ1) is 7.18. The van der Waals surface area contributed by atoms with E-state index in [-0.39, 0.29) is 0 Å². The van der Waals surface area contributed by atoms with E-state index in [1.54, 1.807) is 6.26 Å². The van der Waals surface area contributed by atoms with Crippen LogP contribution in [0.2, 0.25) is 0 Å². The van der Waals surface area contributed by atoms with Gasteiger partial charge in [-0.05, 0) is 43.2 Å². The van der Waals surface area contributed by atoms with Crippen LogP contribution >= 0.6 is 0 Å². The third-order valence-electron chi connectivity index (χ3n) is 3.71. The molecule has 0 bridgehead atoms. The molecule has 0 amide bonds. The lowest BCUT2D eigenvalue weighted by Gasteiger charge is -2.36. The third kappa shape index (κ3) is 2.25. The first-order valence-electron chi connectivity index (χ1n) is 5.97. The molecule has 2 heteroatoms. The summed E-state index contributed by atoms with van der Waals surface area (Å²) in [6.45, 7) is 4.61. The zero-order chi connectivity index (χ0) is 10.8. The van der Waals surface area contributed by atoms with Crippen molar-refractivity contribution in [1.82, 2.24) is 0 Å². The molecule has 1 fully saturated rings. The van der Waals surface area contributed by atoms with Crippen molar-refractivity contribution in [2.75, 3.05) is 0 Å². The third-order valence-corrected chi connectivity index (χ3v) is 3.71. The van der Waals surface area contributed by atoms with Crippen molar-refractivity contribution in [3.8, 4) is 0 Å². The molecule has 1 aliphatic rings. The van der Waals surface area contributed by atoms with E-state index in [9.17, 15) is 0 Å². The van der Waals surface area contributed by atoms with E-state index >= 15 is 0 Å². The molecule has 3 atom stereocenters. The van der Waals surface area contributed by atoms with Gasteiger partial charge in [0.25, 0.3) is 0 Å². The van der Waals surface area contributed by atoms with Crippen LogP contribution in [-0.2, 0) is 0 Å². The summed E-state index contributed by atoms with van der Waals surface area (Å²) in [5.41, 5.74) is 6.05. The van der Waals surface area contributed by atoms with Crippen molar-refractivity contribution in [2.45, 2.75) is 45.1 Å². The maximum atomic E-state index is 6.05. The molecule has 3 unspecified atom stereocenters. The molecule has 1 aromatic heterocycles. The van der Waals surface area contributed by atoms with Crippen LogP contribution in [0.3, 0.4) is 0 Å². The van der Waals surface area contributed by atoms with Crippen LogP contribution in [0.1, 0.15) is 44.8 Å². The molecule has 1 heterocycles. The van der Waals surface area contributed by atoms with Crippen LogP contribution < -0.4 is 5.73 Å². The van der Waals surface area contributed by atoms with Crippen LogP contribution in [-0.4, -0.2) is 6.04 Å². The number of furan rings is 1. The Kier molecular flexibility index (Phi) is 3.15. The van der Waals surface area contributed by atoms with Crippen molar-refractivity contribution in [1.29, 1.82) is 0 Å². The average molecular weight is 207 g/mol. The lowest BCUT2D eigenvalue weighted by molar-refractivity contribution is 0.199. The first kappa shape index (κ1) is 10.7. The largest absolute Gasteiger partial charge is 0.469 e. The van der Waals surface area contributed by atoms with E-state index < -0.39 is 0 Å². The van der Waals surface area contributed by atoms with E-state index in [1.165, 1.54) is 12.8 Å². The maximum absolute atomic E-state index is 6.05. The van der Waals surface area contributed by atoms with Crippen molar-refractivity contribution in [3.05, 3.63) is 24.2 Å². The van der Waals surface area contributed by atoms with Gasteiger partial charge in [-0.25, -0.2) is 0 Å². The molecule has 2 nitrogen and oxygen atoms in total. The molecule has 2 rings (SSSR count). The van der Waals surface area contributed by atoms with Crippen LogP contribution in [0.4, 0.5) is 0 Å². The van der Waals surface area contributed by atoms with Crippen LogP contribution in [0.25, 0.3) is 0 Å². The topological polar surface area (TPSA) is 39.2 Å². The Morgan fingerprint density at radius 1 is 1.40 bits per heavy atom. The molecule has 0 aromatic carbocycles. The molecule has 84 valence electrons. The summed E-state index contributed by atoms with van der Waals surface area (Å²) in [6.07, 6.45) is 5.26. The van der Waals surface area contributed by atoms with Gasteiger partial charge in [-0.1, -0.05) is 13.8 Å². The summed E-state index contributed by atoms with van der Waals surface area (Å²) in [6, 6.07) is 4.43. The SMILES string of the molecule is CC(C)C1CCC(N)CC1c1ccco1. The first-order valence-corrected chi connectivity index (χ1v) is 5.97. The predicted molar refractivity (Wildman–Crippen MR) is 61.6 cm³/mol. The van der Waals surface area contributed by atoms with Gasteiger partial charge in [0.05, 0.1) is 6.26 Å². The number of hydrogen-bond donors (Lipinski definition) is 1.